The minimum Gasteiger partial charge on any atom is -0.368 e. The van der Waals surface area contributed by atoms with Crippen molar-refractivity contribution in [3.05, 3.63) is 0 Å². The molecule has 0 aromatic carbocycles. The highest BCUT2D eigenvalue weighted by Gasteiger charge is 2.36. The summed E-state index contributed by atoms with van der Waals surface area (Å²) >= 11 is 1.47. The van der Waals surface area contributed by atoms with Crippen molar-refractivity contribution in [3.8, 4) is 0 Å². The molecule has 2 atom stereocenters. The first kappa shape index (κ1) is 13.4. The molecular weight excluding hydrogens is 246 g/mol. The number of hydrogen-bond donors (Lipinski definition) is 2. The molecule has 18 heavy (non-hydrogen) atoms. The first-order valence-corrected chi connectivity index (χ1v) is 7.44. The lowest BCUT2D eigenvalue weighted by Crippen LogP contribution is -2.24. The molecule has 0 radical (unpaired) electrons. The maximum absolute atomic E-state index is 5.68. The molecular formula is C12H21N5S. The summed E-state index contributed by atoms with van der Waals surface area (Å²) in [4.78, 5) is 12.6. The van der Waals surface area contributed by atoms with Crippen LogP contribution in [0.3, 0.4) is 0 Å². The summed E-state index contributed by atoms with van der Waals surface area (Å²) in [6, 6.07) is 0.413. The molecule has 6 heteroatoms. The summed E-state index contributed by atoms with van der Waals surface area (Å²) in [5.41, 5.74) is 6.07. The van der Waals surface area contributed by atoms with Crippen molar-refractivity contribution < 1.29 is 0 Å². The molecule has 1 saturated carbocycles. The van der Waals surface area contributed by atoms with Gasteiger partial charge in [0, 0.05) is 6.04 Å². The lowest BCUT2D eigenvalue weighted by atomic mass is 9.91. The number of nitrogens with two attached hydrogens (primary N) is 1. The molecule has 0 aliphatic heterocycles. The monoisotopic (exact) mass is 267 g/mol. The summed E-state index contributed by atoms with van der Waals surface area (Å²) in [7, 11) is 0. The zero-order chi connectivity index (χ0) is 13.3. The Labute approximate surface area is 112 Å². The third-order valence-corrected chi connectivity index (χ3v) is 4.01. The summed E-state index contributed by atoms with van der Waals surface area (Å²) in [6.07, 6.45) is 4.29. The average molecular weight is 267 g/mol. The van der Waals surface area contributed by atoms with Gasteiger partial charge in [-0.2, -0.15) is 15.0 Å². The van der Waals surface area contributed by atoms with Crippen LogP contribution in [-0.4, -0.2) is 27.2 Å². The van der Waals surface area contributed by atoms with Gasteiger partial charge in [0.1, 0.15) is 0 Å². The Morgan fingerprint density at radius 2 is 2.00 bits per heavy atom. The average Bonchev–Trinajstić information content (AvgIpc) is 2.50. The number of aromatic nitrogens is 3. The predicted octanol–water partition coefficient (Wildman–Crippen LogP) is 2.41. The lowest BCUT2D eigenvalue weighted by Gasteiger charge is -2.18. The van der Waals surface area contributed by atoms with E-state index in [0.29, 0.717) is 28.5 Å². The molecule has 5 nitrogen and oxygen atoms in total. The smallest absolute Gasteiger partial charge is 0.228 e. The van der Waals surface area contributed by atoms with Crippen molar-refractivity contribution in [1.29, 1.82) is 0 Å². The van der Waals surface area contributed by atoms with Gasteiger partial charge in [0.05, 0.1) is 0 Å². The van der Waals surface area contributed by atoms with Gasteiger partial charge >= 0.3 is 0 Å². The Kier molecular flexibility index (Phi) is 3.66. The van der Waals surface area contributed by atoms with E-state index < -0.39 is 0 Å². The molecule has 3 N–H and O–H groups in total. The van der Waals surface area contributed by atoms with E-state index in [1.807, 2.05) is 6.26 Å². The highest BCUT2D eigenvalue weighted by atomic mass is 32.2. The fourth-order valence-electron chi connectivity index (χ4n) is 2.78. The molecule has 1 heterocycles. The van der Waals surface area contributed by atoms with Crippen LogP contribution in [0.1, 0.15) is 33.6 Å². The molecule has 0 bridgehead atoms. The van der Waals surface area contributed by atoms with Gasteiger partial charge in [-0.15, -0.1) is 0 Å². The molecule has 1 aromatic heterocycles. The van der Waals surface area contributed by atoms with Crippen molar-refractivity contribution in [3.63, 3.8) is 0 Å². The van der Waals surface area contributed by atoms with Crippen LogP contribution in [0.2, 0.25) is 0 Å². The Balaban J connectivity index is 2.12. The van der Waals surface area contributed by atoms with Crippen LogP contribution < -0.4 is 11.1 Å². The Morgan fingerprint density at radius 3 is 2.56 bits per heavy atom. The fourth-order valence-corrected chi connectivity index (χ4v) is 3.14. The largest absolute Gasteiger partial charge is 0.368 e. The second kappa shape index (κ2) is 4.91. The van der Waals surface area contributed by atoms with Gasteiger partial charge in [-0.05, 0) is 30.4 Å². The molecule has 0 spiro atoms. The Hall–Kier alpha value is -1.04. The summed E-state index contributed by atoms with van der Waals surface area (Å²) in [5, 5.41) is 4.07. The summed E-state index contributed by atoms with van der Waals surface area (Å²) < 4.78 is 0. The standard InChI is InChI=1S/C12H21N5S/c1-7-5-12(2,3)6-8(7)14-10-15-9(13)16-11(17-10)18-4/h7-8H,5-6H2,1-4H3,(H3,13,14,15,16,17). The molecule has 1 aliphatic carbocycles. The SMILES string of the molecule is CSc1nc(N)nc(NC2CC(C)(C)CC2C)n1. The van der Waals surface area contributed by atoms with Gasteiger partial charge in [0.2, 0.25) is 11.9 Å². The molecule has 2 unspecified atom stereocenters. The molecule has 1 aromatic rings. The van der Waals surface area contributed by atoms with Crippen molar-refractivity contribution in [2.75, 3.05) is 17.3 Å². The quantitative estimate of drug-likeness (QED) is 0.819. The lowest BCUT2D eigenvalue weighted by molar-refractivity contribution is 0.366. The van der Waals surface area contributed by atoms with Gasteiger partial charge < -0.3 is 11.1 Å². The molecule has 100 valence electrons. The minimum absolute atomic E-state index is 0.279. The van der Waals surface area contributed by atoms with Crippen LogP contribution in [0.15, 0.2) is 5.16 Å². The van der Waals surface area contributed by atoms with E-state index in [9.17, 15) is 0 Å². The van der Waals surface area contributed by atoms with Crippen LogP contribution in [0.4, 0.5) is 11.9 Å². The zero-order valence-electron chi connectivity index (χ0n) is 11.4. The third-order valence-electron chi connectivity index (χ3n) is 3.46. The molecule has 0 amide bonds. The van der Waals surface area contributed by atoms with Gasteiger partial charge in [-0.3, -0.25) is 0 Å². The highest BCUT2D eigenvalue weighted by molar-refractivity contribution is 7.98. The number of hydrogen-bond acceptors (Lipinski definition) is 6. The van der Waals surface area contributed by atoms with E-state index in [0.717, 1.165) is 6.42 Å². The minimum atomic E-state index is 0.279. The van der Waals surface area contributed by atoms with Crippen molar-refractivity contribution in [2.24, 2.45) is 11.3 Å². The highest BCUT2D eigenvalue weighted by Crippen LogP contribution is 2.41. The van der Waals surface area contributed by atoms with Crippen molar-refractivity contribution in [1.82, 2.24) is 15.0 Å². The number of nitrogens with zero attached hydrogens (tertiary/aromatic N) is 3. The van der Waals surface area contributed by atoms with Crippen LogP contribution in [0.5, 0.6) is 0 Å². The van der Waals surface area contributed by atoms with E-state index in [-0.39, 0.29) is 5.95 Å². The third kappa shape index (κ3) is 3.04. The van der Waals surface area contributed by atoms with Crippen LogP contribution in [0.25, 0.3) is 0 Å². The molecule has 2 rings (SSSR count). The number of nitrogen functional groups attached to an aromatic ring is 1. The first-order chi connectivity index (χ1) is 8.39. The second-order valence-corrected chi connectivity index (χ2v) is 6.58. The predicted molar refractivity (Wildman–Crippen MR) is 75.6 cm³/mol. The zero-order valence-corrected chi connectivity index (χ0v) is 12.2. The number of nitrogens with one attached hydrogen (secondary N) is 1. The maximum Gasteiger partial charge on any atom is 0.228 e. The van der Waals surface area contributed by atoms with E-state index in [1.165, 1.54) is 18.2 Å². The Bertz CT molecular complexity index is 434. The fraction of sp³-hybridized carbons (Fsp3) is 0.750. The normalized spacial score (nSPS) is 26.2. The Morgan fingerprint density at radius 1 is 1.28 bits per heavy atom. The van der Waals surface area contributed by atoms with Gasteiger partial charge in [0.25, 0.3) is 0 Å². The second-order valence-electron chi connectivity index (χ2n) is 5.80. The topological polar surface area (TPSA) is 76.7 Å². The van der Waals surface area contributed by atoms with E-state index >= 15 is 0 Å². The van der Waals surface area contributed by atoms with E-state index in [2.05, 4.69) is 41.0 Å². The van der Waals surface area contributed by atoms with Crippen LogP contribution in [0, 0.1) is 11.3 Å². The molecule has 0 saturated heterocycles. The van der Waals surface area contributed by atoms with Crippen molar-refractivity contribution >= 4 is 23.7 Å². The van der Waals surface area contributed by atoms with Crippen molar-refractivity contribution in [2.45, 2.75) is 44.8 Å². The number of thioether (sulfide) groups is 1. The van der Waals surface area contributed by atoms with Gasteiger partial charge in [0.15, 0.2) is 5.16 Å². The number of anilines is 2. The maximum atomic E-state index is 5.68. The summed E-state index contributed by atoms with van der Waals surface area (Å²) in [5.74, 6) is 1.50. The van der Waals surface area contributed by atoms with E-state index in [1.54, 1.807) is 0 Å². The molecule has 1 aliphatic rings. The first-order valence-electron chi connectivity index (χ1n) is 6.22. The number of rotatable bonds is 3. The van der Waals surface area contributed by atoms with Gasteiger partial charge in [-0.25, -0.2) is 0 Å². The van der Waals surface area contributed by atoms with Gasteiger partial charge in [-0.1, -0.05) is 32.5 Å². The molecule has 1 fully saturated rings. The van der Waals surface area contributed by atoms with Crippen LogP contribution in [-0.2, 0) is 0 Å². The van der Waals surface area contributed by atoms with Crippen LogP contribution >= 0.6 is 11.8 Å². The summed E-state index contributed by atoms with van der Waals surface area (Å²) in [6.45, 7) is 6.88. The van der Waals surface area contributed by atoms with E-state index in [4.69, 9.17) is 5.73 Å².